The first-order chi connectivity index (χ1) is 11.4. The maximum atomic E-state index is 12.4. The third-order valence-electron chi connectivity index (χ3n) is 4.23. The van der Waals surface area contributed by atoms with Gasteiger partial charge in [-0.3, -0.25) is 4.79 Å². The van der Waals surface area contributed by atoms with E-state index < -0.39 is 0 Å². The molecule has 1 saturated heterocycles. The number of aromatic nitrogens is 1. The largest absolute Gasteiger partial charge is 0.444 e. The molecule has 1 aromatic heterocycles. The van der Waals surface area contributed by atoms with Gasteiger partial charge in [-0.25, -0.2) is 9.78 Å². The standard InChI is InChI=1S/C17H28N4O3/c1-11(2)8-19-17(23)21-7-5-6-14(10-21)16(22)18-9-15-20-12(3)13(4)24-15/h11,14H,5-10H2,1-4H3,(H,18,22)(H,19,23)/t14-/m1/s1. The van der Waals surface area contributed by atoms with Gasteiger partial charge in [0.25, 0.3) is 0 Å². The Balaban J connectivity index is 1.82. The number of carbonyl (C=O) groups is 2. The molecule has 0 bridgehead atoms. The molecule has 3 amide bonds. The molecule has 1 aliphatic rings. The second-order valence-electron chi connectivity index (χ2n) is 6.83. The topological polar surface area (TPSA) is 87.5 Å². The molecule has 1 fully saturated rings. The van der Waals surface area contributed by atoms with E-state index in [0.717, 1.165) is 24.3 Å². The number of urea groups is 1. The summed E-state index contributed by atoms with van der Waals surface area (Å²) < 4.78 is 5.47. The molecule has 2 N–H and O–H groups in total. The maximum Gasteiger partial charge on any atom is 0.317 e. The normalized spacial score (nSPS) is 17.9. The van der Waals surface area contributed by atoms with Crippen LogP contribution in [0.25, 0.3) is 0 Å². The van der Waals surface area contributed by atoms with Crippen LogP contribution in [0, 0.1) is 25.7 Å². The Hall–Kier alpha value is -2.05. The van der Waals surface area contributed by atoms with Gasteiger partial charge in [-0.2, -0.15) is 0 Å². The van der Waals surface area contributed by atoms with Crippen LogP contribution >= 0.6 is 0 Å². The van der Waals surface area contributed by atoms with Crippen molar-refractivity contribution in [3.05, 3.63) is 17.3 Å². The molecule has 0 aromatic carbocycles. The van der Waals surface area contributed by atoms with Crippen molar-refractivity contribution in [2.24, 2.45) is 11.8 Å². The highest BCUT2D eigenvalue weighted by atomic mass is 16.4. The highest BCUT2D eigenvalue weighted by Crippen LogP contribution is 2.17. The van der Waals surface area contributed by atoms with Gasteiger partial charge in [0, 0.05) is 19.6 Å². The summed E-state index contributed by atoms with van der Waals surface area (Å²) in [5.41, 5.74) is 0.838. The average molecular weight is 336 g/mol. The molecule has 0 radical (unpaired) electrons. The van der Waals surface area contributed by atoms with E-state index in [1.54, 1.807) is 4.90 Å². The Kier molecular flexibility index (Phi) is 6.23. The minimum atomic E-state index is -0.180. The number of hydrogen-bond donors (Lipinski definition) is 2. The van der Waals surface area contributed by atoms with Crippen molar-refractivity contribution in [3.8, 4) is 0 Å². The Labute approximate surface area is 143 Å². The van der Waals surface area contributed by atoms with Crippen LogP contribution < -0.4 is 10.6 Å². The zero-order chi connectivity index (χ0) is 17.7. The van der Waals surface area contributed by atoms with Crippen LogP contribution in [-0.4, -0.2) is 41.5 Å². The summed E-state index contributed by atoms with van der Waals surface area (Å²) in [6.07, 6.45) is 1.63. The summed E-state index contributed by atoms with van der Waals surface area (Å²) in [6, 6.07) is -0.0832. The Bertz CT molecular complexity index is 563. The number of nitrogens with zero attached hydrogens (tertiary/aromatic N) is 2. The van der Waals surface area contributed by atoms with Gasteiger partial charge in [-0.05, 0) is 32.6 Å². The second-order valence-corrected chi connectivity index (χ2v) is 6.83. The Morgan fingerprint density at radius 1 is 1.33 bits per heavy atom. The van der Waals surface area contributed by atoms with E-state index in [1.165, 1.54) is 0 Å². The van der Waals surface area contributed by atoms with Gasteiger partial charge in [-0.1, -0.05) is 13.8 Å². The molecular formula is C17H28N4O3. The van der Waals surface area contributed by atoms with Crippen LogP contribution in [-0.2, 0) is 11.3 Å². The van der Waals surface area contributed by atoms with E-state index in [1.807, 2.05) is 13.8 Å². The van der Waals surface area contributed by atoms with Gasteiger partial charge in [-0.15, -0.1) is 0 Å². The molecule has 0 aliphatic carbocycles. The SMILES string of the molecule is Cc1nc(CNC(=O)[C@@H]2CCCN(C(=O)NCC(C)C)C2)oc1C. The molecule has 7 heteroatoms. The molecule has 0 spiro atoms. The van der Waals surface area contributed by atoms with E-state index in [4.69, 9.17) is 4.42 Å². The number of carbonyl (C=O) groups excluding carboxylic acids is 2. The molecule has 0 saturated carbocycles. The van der Waals surface area contributed by atoms with Crippen LogP contribution in [0.2, 0.25) is 0 Å². The molecule has 1 aromatic rings. The highest BCUT2D eigenvalue weighted by Gasteiger charge is 2.28. The van der Waals surface area contributed by atoms with Crippen LogP contribution in [0.1, 0.15) is 44.0 Å². The molecule has 1 aliphatic heterocycles. The van der Waals surface area contributed by atoms with Gasteiger partial charge in [0.15, 0.2) is 0 Å². The lowest BCUT2D eigenvalue weighted by molar-refractivity contribution is -0.126. The number of oxazole rings is 1. The third kappa shape index (κ3) is 4.97. The Morgan fingerprint density at radius 3 is 2.71 bits per heavy atom. The van der Waals surface area contributed by atoms with Crippen LogP contribution in [0.3, 0.4) is 0 Å². The highest BCUT2D eigenvalue weighted by molar-refractivity contribution is 5.80. The maximum absolute atomic E-state index is 12.4. The molecule has 2 heterocycles. The van der Waals surface area contributed by atoms with Crippen molar-refractivity contribution < 1.29 is 14.0 Å². The Morgan fingerprint density at radius 2 is 2.08 bits per heavy atom. The molecule has 24 heavy (non-hydrogen) atoms. The van der Waals surface area contributed by atoms with Crippen molar-refractivity contribution in [1.29, 1.82) is 0 Å². The summed E-state index contributed by atoms with van der Waals surface area (Å²) in [4.78, 5) is 30.5. The van der Waals surface area contributed by atoms with Crippen molar-refractivity contribution in [2.75, 3.05) is 19.6 Å². The zero-order valence-electron chi connectivity index (χ0n) is 15.0. The fourth-order valence-corrected chi connectivity index (χ4v) is 2.70. The van der Waals surface area contributed by atoms with Crippen molar-refractivity contribution in [1.82, 2.24) is 20.5 Å². The number of aryl methyl sites for hydroxylation is 2. The first kappa shape index (κ1) is 18.3. The van der Waals surface area contributed by atoms with Crippen molar-refractivity contribution in [2.45, 2.75) is 47.1 Å². The molecular weight excluding hydrogens is 308 g/mol. The second kappa shape index (κ2) is 8.17. The van der Waals surface area contributed by atoms with Gasteiger partial charge in [0.05, 0.1) is 18.2 Å². The number of amides is 3. The first-order valence-electron chi connectivity index (χ1n) is 8.60. The number of rotatable bonds is 5. The first-order valence-corrected chi connectivity index (χ1v) is 8.60. The minimum absolute atomic E-state index is 0.0511. The summed E-state index contributed by atoms with van der Waals surface area (Å²) in [6.45, 7) is 9.92. The molecule has 0 unspecified atom stereocenters. The molecule has 134 valence electrons. The fourth-order valence-electron chi connectivity index (χ4n) is 2.70. The predicted octanol–water partition coefficient (Wildman–Crippen LogP) is 1.99. The molecule has 7 nitrogen and oxygen atoms in total. The summed E-state index contributed by atoms with van der Waals surface area (Å²) in [5, 5.41) is 5.77. The van der Waals surface area contributed by atoms with Crippen LogP contribution in [0.15, 0.2) is 4.42 Å². The van der Waals surface area contributed by atoms with Crippen LogP contribution in [0.5, 0.6) is 0 Å². The number of piperidine rings is 1. The lowest BCUT2D eigenvalue weighted by Gasteiger charge is -2.32. The van der Waals surface area contributed by atoms with E-state index >= 15 is 0 Å². The van der Waals surface area contributed by atoms with E-state index in [9.17, 15) is 9.59 Å². The van der Waals surface area contributed by atoms with Crippen molar-refractivity contribution in [3.63, 3.8) is 0 Å². The molecule has 2 rings (SSSR count). The van der Waals surface area contributed by atoms with E-state index in [0.29, 0.717) is 31.4 Å². The monoisotopic (exact) mass is 336 g/mol. The lowest BCUT2D eigenvalue weighted by Crippen LogP contribution is -2.49. The summed E-state index contributed by atoms with van der Waals surface area (Å²) in [7, 11) is 0. The van der Waals surface area contributed by atoms with E-state index in [-0.39, 0.29) is 24.4 Å². The van der Waals surface area contributed by atoms with Gasteiger partial charge >= 0.3 is 6.03 Å². The predicted molar refractivity (Wildman–Crippen MR) is 90.4 cm³/mol. The van der Waals surface area contributed by atoms with Crippen LogP contribution in [0.4, 0.5) is 4.79 Å². The van der Waals surface area contributed by atoms with E-state index in [2.05, 4.69) is 29.5 Å². The summed E-state index contributed by atoms with van der Waals surface area (Å²) in [5.74, 6) is 1.46. The number of nitrogens with one attached hydrogen (secondary N) is 2. The number of likely N-dealkylation sites (tertiary alicyclic amines) is 1. The molecule has 1 atom stereocenters. The van der Waals surface area contributed by atoms with Gasteiger partial charge < -0.3 is 20.0 Å². The fraction of sp³-hybridized carbons (Fsp3) is 0.706. The van der Waals surface area contributed by atoms with Gasteiger partial charge in [0.1, 0.15) is 5.76 Å². The summed E-state index contributed by atoms with van der Waals surface area (Å²) >= 11 is 0. The minimum Gasteiger partial charge on any atom is -0.444 e. The number of hydrogen-bond acceptors (Lipinski definition) is 4. The quantitative estimate of drug-likeness (QED) is 0.861. The van der Waals surface area contributed by atoms with Crippen molar-refractivity contribution >= 4 is 11.9 Å². The third-order valence-corrected chi connectivity index (χ3v) is 4.23. The van der Waals surface area contributed by atoms with Gasteiger partial charge in [0.2, 0.25) is 11.8 Å². The lowest BCUT2D eigenvalue weighted by atomic mass is 9.97. The average Bonchev–Trinajstić information content (AvgIpc) is 2.88. The smallest absolute Gasteiger partial charge is 0.317 e. The zero-order valence-corrected chi connectivity index (χ0v) is 15.0.